The molecule has 0 bridgehead atoms. The first kappa shape index (κ1) is 15.9. The summed E-state index contributed by atoms with van der Waals surface area (Å²) in [6.07, 6.45) is 0.0793. The number of carbonyl (C=O) groups is 2. The fourth-order valence-electron chi connectivity index (χ4n) is 1.43. The number of thioether (sulfide) groups is 1. The minimum atomic E-state index is -0.841. The van der Waals surface area contributed by atoms with Gasteiger partial charge in [-0.15, -0.1) is 0 Å². The van der Waals surface area contributed by atoms with Crippen molar-refractivity contribution in [3.05, 3.63) is 34.9 Å². The Morgan fingerprint density at radius 2 is 2.16 bits per heavy atom. The molecule has 0 aliphatic rings. The quantitative estimate of drug-likeness (QED) is 0.786. The van der Waals surface area contributed by atoms with Crippen molar-refractivity contribution >= 4 is 35.2 Å². The summed E-state index contributed by atoms with van der Waals surface area (Å²) < 4.78 is 0. The number of amides is 1. The lowest BCUT2D eigenvalue weighted by Gasteiger charge is -2.17. The van der Waals surface area contributed by atoms with E-state index < -0.39 is 5.97 Å². The van der Waals surface area contributed by atoms with Gasteiger partial charge in [-0.25, -0.2) is 0 Å². The van der Waals surface area contributed by atoms with Crippen LogP contribution in [0.1, 0.15) is 12.0 Å². The molecule has 0 unspecified atom stereocenters. The van der Waals surface area contributed by atoms with E-state index in [1.807, 2.05) is 18.2 Å². The van der Waals surface area contributed by atoms with Gasteiger partial charge in [0, 0.05) is 24.4 Å². The van der Waals surface area contributed by atoms with Crippen molar-refractivity contribution in [1.29, 1.82) is 0 Å². The number of nitrogens with zero attached hydrogens (tertiary/aromatic N) is 1. The molecular weight excluding hydrogens is 286 g/mol. The Kier molecular flexibility index (Phi) is 6.73. The lowest BCUT2D eigenvalue weighted by atomic mass is 10.2. The van der Waals surface area contributed by atoms with Crippen LogP contribution in [0, 0.1) is 0 Å². The molecule has 1 amide bonds. The molecule has 0 aromatic heterocycles. The van der Waals surface area contributed by atoms with Crippen molar-refractivity contribution in [2.75, 3.05) is 18.6 Å². The maximum atomic E-state index is 11.8. The molecular formula is C13H16ClNO3S. The standard InChI is InChI=1S/C13H16ClNO3S/c1-15(8-10-3-2-4-11(14)7-10)12(16)9-19-6-5-13(17)18/h2-4,7H,5-6,8-9H2,1H3,(H,17,18). The summed E-state index contributed by atoms with van der Waals surface area (Å²) >= 11 is 7.21. The van der Waals surface area contributed by atoms with Crippen LogP contribution < -0.4 is 0 Å². The number of hydrogen-bond acceptors (Lipinski definition) is 3. The highest BCUT2D eigenvalue weighted by Gasteiger charge is 2.09. The van der Waals surface area contributed by atoms with E-state index in [4.69, 9.17) is 16.7 Å². The molecule has 1 rings (SSSR count). The molecule has 1 N–H and O–H groups in total. The molecule has 0 aliphatic carbocycles. The molecule has 0 saturated heterocycles. The molecule has 0 radical (unpaired) electrons. The SMILES string of the molecule is CN(Cc1cccc(Cl)c1)C(=O)CSCCC(=O)O. The number of benzene rings is 1. The monoisotopic (exact) mass is 301 g/mol. The highest BCUT2D eigenvalue weighted by atomic mass is 35.5. The van der Waals surface area contributed by atoms with E-state index in [0.29, 0.717) is 23.1 Å². The minimum Gasteiger partial charge on any atom is -0.481 e. The van der Waals surface area contributed by atoms with Gasteiger partial charge >= 0.3 is 5.97 Å². The van der Waals surface area contributed by atoms with Gasteiger partial charge in [-0.05, 0) is 17.7 Å². The first-order chi connectivity index (χ1) is 8.99. The molecule has 0 aliphatic heterocycles. The van der Waals surface area contributed by atoms with Gasteiger partial charge in [0.1, 0.15) is 0 Å². The van der Waals surface area contributed by atoms with Crippen molar-refractivity contribution in [3.8, 4) is 0 Å². The fourth-order valence-corrected chi connectivity index (χ4v) is 2.50. The summed E-state index contributed by atoms with van der Waals surface area (Å²) in [6, 6.07) is 7.36. The Bertz CT molecular complexity index is 453. The van der Waals surface area contributed by atoms with Crippen LogP contribution in [-0.2, 0) is 16.1 Å². The topological polar surface area (TPSA) is 57.6 Å². The van der Waals surface area contributed by atoms with Gasteiger partial charge in [0.15, 0.2) is 0 Å². The molecule has 0 saturated carbocycles. The molecule has 0 heterocycles. The van der Waals surface area contributed by atoms with Crippen molar-refractivity contribution in [2.45, 2.75) is 13.0 Å². The molecule has 104 valence electrons. The van der Waals surface area contributed by atoms with Crippen LogP contribution in [0.3, 0.4) is 0 Å². The lowest BCUT2D eigenvalue weighted by Crippen LogP contribution is -2.27. The zero-order valence-electron chi connectivity index (χ0n) is 10.6. The molecule has 0 fully saturated rings. The fraction of sp³-hybridized carbons (Fsp3) is 0.385. The van der Waals surface area contributed by atoms with Gasteiger partial charge in [0.25, 0.3) is 0 Å². The van der Waals surface area contributed by atoms with Crippen LogP contribution in [0.15, 0.2) is 24.3 Å². The highest BCUT2D eigenvalue weighted by Crippen LogP contribution is 2.13. The Morgan fingerprint density at radius 1 is 1.42 bits per heavy atom. The van der Waals surface area contributed by atoms with E-state index in [-0.39, 0.29) is 12.3 Å². The van der Waals surface area contributed by atoms with E-state index in [0.717, 1.165) is 5.56 Å². The van der Waals surface area contributed by atoms with E-state index in [1.165, 1.54) is 11.8 Å². The third-order valence-corrected chi connectivity index (χ3v) is 3.60. The first-order valence-electron chi connectivity index (χ1n) is 5.77. The van der Waals surface area contributed by atoms with Crippen molar-refractivity contribution in [2.24, 2.45) is 0 Å². The predicted molar refractivity (Wildman–Crippen MR) is 77.5 cm³/mol. The number of carboxylic acid groups (broad SMARTS) is 1. The number of hydrogen-bond donors (Lipinski definition) is 1. The Hall–Kier alpha value is -1.20. The number of aliphatic carboxylic acids is 1. The van der Waals surface area contributed by atoms with Gasteiger partial charge in [0.2, 0.25) is 5.91 Å². The second-order valence-electron chi connectivity index (χ2n) is 4.08. The summed E-state index contributed by atoms with van der Waals surface area (Å²) in [5.41, 5.74) is 0.971. The number of carbonyl (C=O) groups excluding carboxylic acids is 1. The van der Waals surface area contributed by atoms with Crippen molar-refractivity contribution in [3.63, 3.8) is 0 Å². The maximum absolute atomic E-state index is 11.8. The van der Waals surface area contributed by atoms with Crippen LogP contribution in [0.25, 0.3) is 0 Å². The zero-order valence-corrected chi connectivity index (χ0v) is 12.2. The summed E-state index contributed by atoms with van der Waals surface area (Å²) in [6.45, 7) is 0.499. The molecule has 6 heteroatoms. The highest BCUT2D eigenvalue weighted by molar-refractivity contribution is 7.99. The van der Waals surface area contributed by atoms with E-state index >= 15 is 0 Å². The third kappa shape index (κ3) is 6.50. The van der Waals surface area contributed by atoms with Gasteiger partial charge in [-0.3, -0.25) is 9.59 Å². The van der Waals surface area contributed by atoms with Crippen LogP contribution in [0.5, 0.6) is 0 Å². The van der Waals surface area contributed by atoms with Crippen LogP contribution >= 0.6 is 23.4 Å². The van der Waals surface area contributed by atoms with Crippen LogP contribution in [-0.4, -0.2) is 40.4 Å². The Labute approximate surface area is 121 Å². The molecule has 4 nitrogen and oxygen atoms in total. The summed E-state index contributed by atoms with van der Waals surface area (Å²) in [5, 5.41) is 9.13. The second kappa shape index (κ2) is 8.07. The van der Waals surface area contributed by atoms with Gasteiger partial charge in [-0.2, -0.15) is 11.8 Å². The average Bonchev–Trinajstić information content (AvgIpc) is 2.34. The van der Waals surface area contributed by atoms with E-state index in [1.54, 1.807) is 18.0 Å². The van der Waals surface area contributed by atoms with E-state index in [2.05, 4.69) is 0 Å². The predicted octanol–water partition coefficient (Wildman–Crippen LogP) is 2.51. The number of carboxylic acids is 1. The average molecular weight is 302 g/mol. The zero-order chi connectivity index (χ0) is 14.3. The summed E-state index contributed by atoms with van der Waals surface area (Å²) in [5.74, 6) is -0.112. The largest absolute Gasteiger partial charge is 0.481 e. The summed E-state index contributed by atoms with van der Waals surface area (Å²) in [4.78, 5) is 23.7. The minimum absolute atomic E-state index is 0.0182. The normalized spacial score (nSPS) is 10.2. The van der Waals surface area contributed by atoms with Crippen LogP contribution in [0.2, 0.25) is 5.02 Å². The lowest BCUT2D eigenvalue weighted by molar-refractivity contribution is -0.136. The molecule has 0 spiro atoms. The van der Waals surface area contributed by atoms with Crippen LogP contribution in [0.4, 0.5) is 0 Å². The Morgan fingerprint density at radius 3 is 2.79 bits per heavy atom. The summed E-state index contributed by atoms with van der Waals surface area (Å²) in [7, 11) is 1.72. The smallest absolute Gasteiger partial charge is 0.304 e. The van der Waals surface area contributed by atoms with Gasteiger partial charge < -0.3 is 10.0 Å². The second-order valence-corrected chi connectivity index (χ2v) is 5.62. The first-order valence-corrected chi connectivity index (χ1v) is 7.30. The molecule has 0 atom stereocenters. The molecule has 1 aromatic rings. The number of halogens is 1. The van der Waals surface area contributed by atoms with Crippen molar-refractivity contribution < 1.29 is 14.7 Å². The molecule has 1 aromatic carbocycles. The van der Waals surface area contributed by atoms with Crippen molar-refractivity contribution in [1.82, 2.24) is 4.90 Å². The maximum Gasteiger partial charge on any atom is 0.304 e. The van der Waals surface area contributed by atoms with Gasteiger partial charge in [-0.1, -0.05) is 23.7 Å². The Balaban J connectivity index is 2.34. The number of rotatable bonds is 7. The molecule has 19 heavy (non-hydrogen) atoms. The third-order valence-electron chi connectivity index (χ3n) is 2.42. The van der Waals surface area contributed by atoms with E-state index in [9.17, 15) is 9.59 Å². The van der Waals surface area contributed by atoms with Gasteiger partial charge in [0.05, 0.1) is 12.2 Å².